The molecule has 0 unspecified atom stereocenters. The topological polar surface area (TPSA) is 65.6 Å². The summed E-state index contributed by atoms with van der Waals surface area (Å²) >= 11 is 3.25. The molecular weight excluding hydrogens is 460 g/mol. The highest BCUT2D eigenvalue weighted by Gasteiger charge is 2.23. The number of hydrogen-bond acceptors (Lipinski definition) is 4. The van der Waals surface area contributed by atoms with Crippen LogP contribution in [0.4, 0.5) is 14.5 Å². The van der Waals surface area contributed by atoms with E-state index in [1.807, 2.05) is 0 Å². The van der Waals surface area contributed by atoms with Crippen molar-refractivity contribution in [1.29, 1.82) is 0 Å². The molecule has 0 spiro atoms. The van der Waals surface area contributed by atoms with Crippen molar-refractivity contribution >= 4 is 44.4 Å². The van der Waals surface area contributed by atoms with Crippen LogP contribution in [0.3, 0.4) is 0 Å². The van der Waals surface area contributed by atoms with Crippen LogP contribution < -0.4 is 4.90 Å². The van der Waals surface area contributed by atoms with Gasteiger partial charge in [-0.15, -0.1) is 0 Å². The first kappa shape index (κ1) is 20.3. The molecule has 9 heteroatoms. The molecule has 1 N–H and O–H groups in total. The monoisotopic (exact) mass is 477 g/mol. The lowest BCUT2D eigenvalue weighted by Gasteiger charge is -2.36. The third-order valence-corrected chi connectivity index (χ3v) is 5.68. The van der Waals surface area contributed by atoms with Crippen LogP contribution in [0, 0.1) is 11.6 Å². The third-order valence-electron chi connectivity index (χ3n) is 5.02. The minimum Gasteiger partial charge on any atom is -0.451 e. The van der Waals surface area contributed by atoms with Crippen LogP contribution in [0.1, 0.15) is 10.5 Å². The molecule has 1 aliphatic rings. The summed E-state index contributed by atoms with van der Waals surface area (Å²) in [6.45, 7) is 1.79. The van der Waals surface area contributed by atoms with Gasteiger partial charge < -0.3 is 19.5 Å². The van der Waals surface area contributed by atoms with Gasteiger partial charge in [0.15, 0.2) is 6.61 Å². The standard InChI is InChI=1S/C21H18BrF2N3O3/c22-17-9-14(24)10-18-16(17)11-19(25-18)21(29)30-12-20(28)27-7-5-26(6-8-27)15-3-1-13(23)2-4-15/h1-4,9-11,25H,5-8,12H2. The smallest absolute Gasteiger partial charge is 0.355 e. The molecule has 0 radical (unpaired) electrons. The maximum atomic E-state index is 13.5. The number of benzene rings is 2. The number of H-pyrrole nitrogens is 1. The zero-order valence-corrected chi connectivity index (χ0v) is 17.4. The fourth-order valence-corrected chi connectivity index (χ4v) is 3.98. The van der Waals surface area contributed by atoms with Gasteiger partial charge in [-0.25, -0.2) is 13.6 Å². The van der Waals surface area contributed by atoms with Crippen molar-refractivity contribution in [3.63, 3.8) is 0 Å². The fraction of sp³-hybridized carbons (Fsp3) is 0.238. The summed E-state index contributed by atoms with van der Waals surface area (Å²) in [5, 5.41) is 0.645. The molecule has 0 saturated carbocycles. The number of nitrogens with one attached hydrogen (secondary N) is 1. The number of anilines is 1. The Labute approximate surface area is 179 Å². The maximum absolute atomic E-state index is 13.5. The summed E-state index contributed by atoms with van der Waals surface area (Å²) in [6.07, 6.45) is 0. The molecule has 4 rings (SSSR count). The molecule has 3 aromatic rings. The first-order valence-electron chi connectivity index (χ1n) is 9.34. The van der Waals surface area contributed by atoms with Crippen molar-refractivity contribution in [1.82, 2.24) is 9.88 Å². The Morgan fingerprint density at radius 3 is 2.40 bits per heavy atom. The lowest BCUT2D eigenvalue weighted by Crippen LogP contribution is -2.49. The van der Waals surface area contributed by atoms with Crippen LogP contribution in [0.15, 0.2) is 46.9 Å². The number of carbonyl (C=O) groups excluding carboxylic acids is 2. The normalized spacial score (nSPS) is 14.2. The molecule has 30 heavy (non-hydrogen) atoms. The van der Waals surface area contributed by atoms with E-state index in [-0.39, 0.29) is 24.0 Å². The van der Waals surface area contributed by atoms with Gasteiger partial charge in [0.25, 0.3) is 5.91 Å². The molecule has 6 nitrogen and oxygen atoms in total. The van der Waals surface area contributed by atoms with E-state index >= 15 is 0 Å². The van der Waals surface area contributed by atoms with Crippen molar-refractivity contribution < 1.29 is 23.1 Å². The number of carbonyl (C=O) groups is 2. The minimum absolute atomic E-state index is 0.144. The second-order valence-corrected chi connectivity index (χ2v) is 7.81. The summed E-state index contributed by atoms with van der Waals surface area (Å²) in [5.74, 6) is -1.70. The second kappa shape index (κ2) is 8.43. The van der Waals surface area contributed by atoms with E-state index < -0.39 is 11.8 Å². The molecule has 2 aromatic carbocycles. The molecule has 0 atom stereocenters. The molecule has 2 heterocycles. The van der Waals surface area contributed by atoms with Crippen LogP contribution in [-0.2, 0) is 9.53 Å². The van der Waals surface area contributed by atoms with Gasteiger partial charge in [0.2, 0.25) is 0 Å². The van der Waals surface area contributed by atoms with Gasteiger partial charge in [0.05, 0.1) is 5.52 Å². The van der Waals surface area contributed by atoms with E-state index in [0.29, 0.717) is 41.6 Å². The van der Waals surface area contributed by atoms with Crippen molar-refractivity contribution in [3.05, 3.63) is 64.3 Å². The molecule has 1 aromatic heterocycles. The van der Waals surface area contributed by atoms with Gasteiger partial charge >= 0.3 is 5.97 Å². The van der Waals surface area contributed by atoms with Crippen LogP contribution in [0.25, 0.3) is 10.9 Å². The first-order chi connectivity index (χ1) is 14.4. The van der Waals surface area contributed by atoms with E-state index in [4.69, 9.17) is 4.74 Å². The lowest BCUT2D eigenvalue weighted by molar-refractivity contribution is -0.134. The maximum Gasteiger partial charge on any atom is 0.355 e. The molecule has 0 aliphatic carbocycles. The van der Waals surface area contributed by atoms with Gasteiger partial charge in [-0.1, -0.05) is 0 Å². The molecule has 1 fully saturated rings. The van der Waals surface area contributed by atoms with Crippen molar-refractivity contribution in [2.45, 2.75) is 0 Å². The van der Waals surface area contributed by atoms with Gasteiger partial charge in [-0.3, -0.25) is 4.79 Å². The van der Waals surface area contributed by atoms with E-state index in [9.17, 15) is 18.4 Å². The highest BCUT2D eigenvalue weighted by Crippen LogP contribution is 2.26. The number of nitrogens with zero attached hydrogens (tertiary/aromatic N) is 2. The lowest BCUT2D eigenvalue weighted by atomic mass is 10.2. The average molecular weight is 478 g/mol. The largest absolute Gasteiger partial charge is 0.451 e. The molecule has 0 bridgehead atoms. The van der Waals surface area contributed by atoms with E-state index in [2.05, 4.69) is 25.8 Å². The minimum atomic E-state index is -0.684. The number of fused-ring (bicyclic) bond motifs is 1. The molecule has 1 amide bonds. The number of rotatable bonds is 4. The first-order valence-corrected chi connectivity index (χ1v) is 10.1. The third kappa shape index (κ3) is 4.30. The summed E-state index contributed by atoms with van der Waals surface area (Å²) in [5.41, 5.74) is 1.50. The Kier molecular flexibility index (Phi) is 5.72. The average Bonchev–Trinajstić information content (AvgIpc) is 3.17. The second-order valence-electron chi connectivity index (χ2n) is 6.95. The fourth-order valence-electron chi connectivity index (χ4n) is 3.43. The van der Waals surface area contributed by atoms with Crippen LogP contribution in [0.5, 0.6) is 0 Å². The van der Waals surface area contributed by atoms with Crippen molar-refractivity contribution in [2.75, 3.05) is 37.7 Å². The zero-order chi connectivity index (χ0) is 21.3. The zero-order valence-electron chi connectivity index (χ0n) is 15.8. The van der Waals surface area contributed by atoms with E-state index in [0.717, 1.165) is 5.69 Å². The van der Waals surface area contributed by atoms with Crippen LogP contribution >= 0.6 is 15.9 Å². The summed E-state index contributed by atoms with van der Waals surface area (Å²) < 4.78 is 32.2. The van der Waals surface area contributed by atoms with Gasteiger partial charge in [-0.05, 0) is 58.4 Å². The van der Waals surface area contributed by atoms with Crippen LogP contribution in [0.2, 0.25) is 0 Å². The highest BCUT2D eigenvalue weighted by atomic mass is 79.9. The SMILES string of the molecule is O=C(OCC(=O)N1CCN(c2ccc(F)cc2)CC1)c1cc2c(Br)cc(F)cc2[nH]1. The Morgan fingerprint density at radius 1 is 1.00 bits per heavy atom. The Bertz CT molecular complexity index is 1090. The van der Waals surface area contributed by atoms with Crippen molar-refractivity contribution in [3.8, 4) is 0 Å². The number of halogens is 3. The molecular formula is C21H18BrF2N3O3. The molecule has 156 valence electrons. The van der Waals surface area contributed by atoms with Gasteiger partial charge in [-0.2, -0.15) is 0 Å². The predicted molar refractivity (Wildman–Crippen MR) is 111 cm³/mol. The molecule has 1 saturated heterocycles. The number of piperazine rings is 1. The summed E-state index contributed by atoms with van der Waals surface area (Å²) in [6, 6.07) is 10.4. The van der Waals surface area contributed by atoms with Crippen molar-refractivity contribution in [2.24, 2.45) is 0 Å². The summed E-state index contributed by atoms with van der Waals surface area (Å²) in [4.78, 5) is 31.2. The number of esters is 1. The number of hydrogen-bond donors (Lipinski definition) is 1. The quantitative estimate of drug-likeness (QED) is 0.581. The number of aromatic nitrogens is 1. The molecule has 1 aliphatic heterocycles. The summed E-state index contributed by atoms with van der Waals surface area (Å²) in [7, 11) is 0. The predicted octanol–water partition coefficient (Wildman–Crippen LogP) is 3.71. The van der Waals surface area contributed by atoms with Gasteiger partial charge in [0.1, 0.15) is 17.3 Å². The highest BCUT2D eigenvalue weighted by molar-refractivity contribution is 9.10. The number of ether oxygens (including phenoxy) is 1. The van der Waals surface area contributed by atoms with Crippen LogP contribution in [-0.4, -0.2) is 54.5 Å². The Balaban J connectivity index is 1.31. The number of amides is 1. The Morgan fingerprint density at radius 2 is 1.70 bits per heavy atom. The van der Waals surface area contributed by atoms with E-state index in [1.54, 1.807) is 23.1 Å². The van der Waals surface area contributed by atoms with E-state index in [1.165, 1.54) is 24.3 Å². The number of aromatic amines is 1. The van der Waals surface area contributed by atoms with Gasteiger partial charge in [0, 0.05) is 41.7 Å². The Hall–Kier alpha value is -2.94.